The van der Waals surface area contributed by atoms with Crippen LogP contribution in [-0.2, 0) is 40.9 Å². The molecule has 0 aromatic rings. The summed E-state index contributed by atoms with van der Waals surface area (Å²) in [5, 5.41) is 39.1. The van der Waals surface area contributed by atoms with E-state index < -0.39 is 23.9 Å². The summed E-state index contributed by atoms with van der Waals surface area (Å²) in [5.74, 6) is -4.56. The molecule has 0 spiro atoms. The molecule has 0 bridgehead atoms. The van der Waals surface area contributed by atoms with Crippen molar-refractivity contribution < 1.29 is 61.3 Å². The summed E-state index contributed by atoms with van der Waals surface area (Å²) in [7, 11) is 0. The van der Waals surface area contributed by atoms with Crippen molar-refractivity contribution in [2.24, 2.45) is 0 Å². The molecule has 8 nitrogen and oxygen atoms in total. The molecule has 0 aromatic heterocycles. The van der Waals surface area contributed by atoms with E-state index in [2.05, 4.69) is 0 Å². The fourth-order valence-corrected chi connectivity index (χ4v) is 1.08. The summed E-state index contributed by atoms with van der Waals surface area (Å²) in [6, 6.07) is 0. The topological polar surface area (TPSA) is 161 Å². The summed E-state index contributed by atoms with van der Waals surface area (Å²) in [6.07, 6.45) is 1.07. The average Bonchev–Trinajstić information content (AvgIpc) is 2.30. The minimum atomic E-state index is -1.14. The van der Waals surface area contributed by atoms with E-state index in [0.717, 1.165) is 0 Å². The Morgan fingerprint density at radius 3 is 0.714 bits per heavy atom. The van der Waals surface area contributed by atoms with E-state index >= 15 is 0 Å². The predicted molar refractivity (Wildman–Crippen MR) is 57.0 cm³/mol. The third kappa shape index (κ3) is 32.3. The normalized spacial score (nSPS) is 8.76. The molecule has 0 amide bonds. The van der Waals surface area contributed by atoms with Crippen molar-refractivity contribution in [2.75, 3.05) is 0 Å². The van der Waals surface area contributed by atoms with Gasteiger partial charge in [-0.25, -0.2) is 0 Å². The zero-order chi connectivity index (χ0) is 16.0. The van der Waals surface area contributed by atoms with Crippen LogP contribution < -0.4 is 20.4 Å². The number of carbonyl (C=O) groups excluding carboxylic acids is 4. The third-order valence-electron chi connectivity index (χ3n) is 2.02. The Morgan fingerprint density at radius 1 is 0.476 bits per heavy atom. The number of carboxylic acids is 4. The Labute approximate surface area is 137 Å². The first-order valence-corrected chi connectivity index (χ1v) is 6.05. The molecule has 0 radical (unpaired) electrons. The molecular weight excluding hydrogens is 320 g/mol. The van der Waals surface area contributed by atoms with Crippen molar-refractivity contribution in [1.82, 2.24) is 0 Å². The zero-order valence-electron chi connectivity index (χ0n) is 11.4. The molecule has 0 N–H and O–H groups in total. The molecule has 0 saturated carbocycles. The number of unbranched alkanes of at least 4 members (excludes halogenated alkanes) is 2. The fourth-order valence-electron chi connectivity index (χ4n) is 1.08. The van der Waals surface area contributed by atoms with Crippen LogP contribution in [0.2, 0.25) is 0 Å². The second-order valence-electron chi connectivity index (χ2n) is 3.90. The standard InChI is InChI=1S/2C6H10O4.Ti/c2*7-5(8)3-1-2-4-6(9)10;/h2*1-4H2,(H,7,8)(H,9,10);/q;;+4/p-4. The average molecular weight is 336 g/mol. The molecule has 0 aromatic carbocycles. The monoisotopic (exact) mass is 336 g/mol. The van der Waals surface area contributed by atoms with Gasteiger partial charge in [0.05, 0.1) is 0 Å². The van der Waals surface area contributed by atoms with Crippen LogP contribution in [0.1, 0.15) is 51.4 Å². The SMILES string of the molecule is O=C([O-])CCCCC(=O)[O-].O=C([O-])CCCCC(=O)[O-].[Ti+4]. The van der Waals surface area contributed by atoms with Gasteiger partial charge < -0.3 is 39.6 Å². The van der Waals surface area contributed by atoms with Crippen molar-refractivity contribution in [3.8, 4) is 0 Å². The molecule has 0 heterocycles. The molecular formula is C12H16O8Ti. The van der Waals surface area contributed by atoms with E-state index in [1.807, 2.05) is 0 Å². The molecule has 0 aliphatic heterocycles. The number of carboxylic acid groups (broad SMARTS) is 4. The van der Waals surface area contributed by atoms with Crippen molar-refractivity contribution in [3.05, 3.63) is 0 Å². The van der Waals surface area contributed by atoms with E-state index in [0.29, 0.717) is 25.7 Å². The van der Waals surface area contributed by atoms with Crippen molar-refractivity contribution >= 4 is 23.9 Å². The van der Waals surface area contributed by atoms with Crippen molar-refractivity contribution in [3.63, 3.8) is 0 Å². The molecule has 0 saturated heterocycles. The van der Waals surface area contributed by atoms with Gasteiger partial charge in [0.2, 0.25) is 0 Å². The molecule has 116 valence electrons. The second-order valence-corrected chi connectivity index (χ2v) is 3.90. The minimum absolute atomic E-state index is 0. The largest absolute Gasteiger partial charge is 4.00 e. The van der Waals surface area contributed by atoms with Gasteiger partial charge in [-0.05, 0) is 51.4 Å². The van der Waals surface area contributed by atoms with Crippen LogP contribution in [0.25, 0.3) is 0 Å². The van der Waals surface area contributed by atoms with Crippen LogP contribution in [-0.4, -0.2) is 23.9 Å². The second kappa shape index (κ2) is 16.6. The number of hydrogen-bond donors (Lipinski definition) is 0. The van der Waals surface area contributed by atoms with E-state index in [-0.39, 0.29) is 47.4 Å². The number of hydrogen-bond acceptors (Lipinski definition) is 8. The Balaban J connectivity index is -0.000000295. The summed E-state index contributed by atoms with van der Waals surface area (Å²) < 4.78 is 0. The van der Waals surface area contributed by atoms with Crippen molar-refractivity contribution in [2.45, 2.75) is 51.4 Å². The van der Waals surface area contributed by atoms with E-state index in [4.69, 9.17) is 0 Å². The molecule has 21 heavy (non-hydrogen) atoms. The predicted octanol–water partition coefficient (Wildman–Crippen LogP) is -3.91. The van der Waals surface area contributed by atoms with Gasteiger partial charge in [-0.15, -0.1) is 0 Å². The molecule has 9 heteroatoms. The van der Waals surface area contributed by atoms with Gasteiger partial charge in [0.1, 0.15) is 0 Å². The maximum Gasteiger partial charge on any atom is 4.00 e. The number of rotatable bonds is 10. The summed E-state index contributed by atoms with van der Waals surface area (Å²) >= 11 is 0. The fraction of sp³-hybridized carbons (Fsp3) is 0.667. The van der Waals surface area contributed by atoms with Gasteiger partial charge in [0.25, 0.3) is 0 Å². The Morgan fingerprint density at radius 2 is 0.619 bits per heavy atom. The van der Waals surface area contributed by atoms with Crippen molar-refractivity contribution in [1.29, 1.82) is 0 Å². The quantitative estimate of drug-likeness (QED) is 0.289. The van der Waals surface area contributed by atoms with Crippen LogP contribution >= 0.6 is 0 Å². The number of carbonyl (C=O) groups is 4. The van der Waals surface area contributed by atoms with E-state index in [9.17, 15) is 39.6 Å². The van der Waals surface area contributed by atoms with Gasteiger partial charge in [-0.1, -0.05) is 0 Å². The zero-order valence-corrected chi connectivity index (χ0v) is 13.0. The number of aliphatic carboxylic acids is 4. The smallest absolute Gasteiger partial charge is 0.550 e. The molecule has 0 aliphatic rings. The van der Waals surface area contributed by atoms with Gasteiger partial charge in [0.15, 0.2) is 0 Å². The maximum atomic E-state index is 9.77. The van der Waals surface area contributed by atoms with Gasteiger partial charge in [-0.2, -0.15) is 0 Å². The maximum absolute atomic E-state index is 9.77. The first kappa shape index (κ1) is 24.6. The van der Waals surface area contributed by atoms with Crippen LogP contribution in [0, 0.1) is 0 Å². The summed E-state index contributed by atoms with van der Waals surface area (Å²) in [5.41, 5.74) is 0. The van der Waals surface area contributed by atoms with Gasteiger partial charge in [-0.3, -0.25) is 0 Å². The van der Waals surface area contributed by atoms with E-state index in [1.54, 1.807) is 0 Å². The van der Waals surface area contributed by atoms with Crippen LogP contribution in [0.5, 0.6) is 0 Å². The van der Waals surface area contributed by atoms with Gasteiger partial charge in [0, 0.05) is 23.9 Å². The van der Waals surface area contributed by atoms with Crippen LogP contribution in [0.15, 0.2) is 0 Å². The first-order chi connectivity index (χ1) is 9.25. The Hall–Kier alpha value is -1.41. The molecule has 0 aliphatic carbocycles. The molecule has 0 fully saturated rings. The first-order valence-electron chi connectivity index (χ1n) is 6.05. The van der Waals surface area contributed by atoms with Gasteiger partial charge >= 0.3 is 21.7 Å². The Bertz CT molecular complexity index is 265. The molecule has 0 rings (SSSR count). The van der Waals surface area contributed by atoms with Crippen LogP contribution in [0.3, 0.4) is 0 Å². The Kier molecular flexibility index (Phi) is 19.5. The summed E-state index contributed by atoms with van der Waals surface area (Å²) in [4.78, 5) is 39.1. The van der Waals surface area contributed by atoms with E-state index in [1.165, 1.54) is 0 Å². The third-order valence-corrected chi connectivity index (χ3v) is 2.02. The minimum Gasteiger partial charge on any atom is -0.550 e. The summed E-state index contributed by atoms with van der Waals surface area (Å²) in [6.45, 7) is 0. The molecule has 0 unspecified atom stereocenters. The van der Waals surface area contributed by atoms with Crippen LogP contribution in [0.4, 0.5) is 0 Å². The molecule has 0 atom stereocenters.